The second-order valence-corrected chi connectivity index (χ2v) is 6.34. The third kappa shape index (κ3) is 2.44. The maximum atomic E-state index is 5.31. The average molecular weight is 295 g/mol. The number of nitrogens with one attached hydrogen (secondary N) is 1. The summed E-state index contributed by atoms with van der Waals surface area (Å²) in [5, 5.41) is 5.34. The van der Waals surface area contributed by atoms with Gasteiger partial charge in [0.1, 0.15) is 5.76 Å². The Kier molecular flexibility index (Phi) is 3.26. The van der Waals surface area contributed by atoms with Crippen molar-refractivity contribution in [3.05, 3.63) is 52.5 Å². The first kappa shape index (κ1) is 13.6. The van der Waals surface area contributed by atoms with Gasteiger partial charge in [0.2, 0.25) is 0 Å². The topological polar surface area (TPSA) is 45.1 Å². The molecule has 0 saturated heterocycles. The minimum atomic E-state index is 0.928. The number of aromatic amines is 1. The van der Waals surface area contributed by atoms with Crippen LogP contribution in [0.1, 0.15) is 28.3 Å². The fourth-order valence-corrected chi connectivity index (χ4v) is 3.38. The molecule has 3 heterocycles. The van der Waals surface area contributed by atoms with Crippen molar-refractivity contribution in [2.75, 3.05) is 13.1 Å². The Balaban J connectivity index is 1.53. The molecule has 4 rings (SSSR count). The lowest BCUT2D eigenvalue weighted by atomic mass is 10.0. The second kappa shape index (κ2) is 5.29. The van der Waals surface area contributed by atoms with E-state index in [1.54, 1.807) is 0 Å². The van der Waals surface area contributed by atoms with Gasteiger partial charge in [-0.3, -0.25) is 4.90 Å². The van der Waals surface area contributed by atoms with E-state index in [9.17, 15) is 0 Å². The first-order valence-electron chi connectivity index (χ1n) is 7.94. The summed E-state index contributed by atoms with van der Waals surface area (Å²) >= 11 is 0. The molecule has 22 heavy (non-hydrogen) atoms. The molecule has 1 N–H and O–H groups in total. The molecule has 4 heteroatoms. The molecule has 0 radical (unpaired) electrons. The monoisotopic (exact) mass is 295 g/mol. The van der Waals surface area contributed by atoms with Crippen molar-refractivity contribution in [2.45, 2.75) is 33.2 Å². The summed E-state index contributed by atoms with van der Waals surface area (Å²) in [6, 6.07) is 8.71. The second-order valence-electron chi connectivity index (χ2n) is 6.34. The third-order valence-electron chi connectivity index (χ3n) is 4.56. The molecule has 0 saturated carbocycles. The lowest BCUT2D eigenvalue weighted by Crippen LogP contribution is -2.31. The SMILES string of the molecule is Cc1ccc2[nH]c3c(c2c1)CN(CCc1cc(C)no1)CC3. The maximum Gasteiger partial charge on any atom is 0.138 e. The summed E-state index contributed by atoms with van der Waals surface area (Å²) in [5.74, 6) is 0.984. The number of aromatic nitrogens is 2. The molecule has 4 nitrogen and oxygen atoms in total. The number of hydrogen-bond donors (Lipinski definition) is 1. The van der Waals surface area contributed by atoms with Gasteiger partial charge in [-0.15, -0.1) is 0 Å². The summed E-state index contributed by atoms with van der Waals surface area (Å²) in [4.78, 5) is 6.10. The maximum absolute atomic E-state index is 5.31. The van der Waals surface area contributed by atoms with Gasteiger partial charge in [-0.25, -0.2) is 0 Å². The zero-order chi connectivity index (χ0) is 15.1. The van der Waals surface area contributed by atoms with Gasteiger partial charge in [-0.2, -0.15) is 0 Å². The minimum absolute atomic E-state index is 0.928. The van der Waals surface area contributed by atoms with Crippen LogP contribution in [0, 0.1) is 13.8 Å². The molecule has 1 aromatic carbocycles. The normalized spacial score (nSPS) is 15.4. The predicted octanol–water partition coefficient (Wildman–Crippen LogP) is 3.37. The fourth-order valence-electron chi connectivity index (χ4n) is 3.38. The van der Waals surface area contributed by atoms with Crippen LogP contribution in [0.25, 0.3) is 10.9 Å². The van der Waals surface area contributed by atoms with Crippen molar-refractivity contribution in [3.63, 3.8) is 0 Å². The Hall–Kier alpha value is -2.07. The zero-order valence-electron chi connectivity index (χ0n) is 13.1. The molecule has 114 valence electrons. The largest absolute Gasteiger partial charge is 0.361 e. The predicted molar refractivity (Wildman–Crippen MR) is 87.0 cm³/mol. The van der Waals surface area contributed by atoms with E-state index in [4.69, 9.17) is 4.52 Å². The highest BCUT2D eigenvalue weighted by molar-refractivity contribution is 5.85. The van der Waals surface area contributed by atoms with Crippen LogP contribution < -0.4 is 0 Å². The number of aryl methyl sites for hydroxylation is 2. The fraction of sp³-hybridized carbons (Fsp3) is 0.389. The van der Waals surface area contributed by atoms with E-state index in [0.29, 0.717) is 0 Å². The molecular weight excluding hydrogens is 274 g/mol. The molecule has 0 bridgehead atoms. The molecule has 0 spiro atoms. The highest BCUT2D eigenvalue weighted by atomic mass is 16.5. The van der Waals surface area contributed by atoms with Crippen molar-refractivity contribution in [2.24, 2.45) is 0 Å². The number of benzene rings is 1. The van der Waals surface area contributed by atoms with Gasteiger partial charge >= 0.3 is 0 Å². The summed E-state index contributed by atoms with van der Waals surface area (Å²) in [7, 11) is 0. The number of fused-ring (bicyclic) bond motifs is 3. The zero-order valence-corrected chi connectivity index (χ0v) is 13.1. The first-order chi connectivity index (χ1) is 10.7. The van der Waals surface area contributed by atoms with Gasteiger partial charge < -0.3 is 9.51 Å². The smallest absolute Gasteiger partial charge is 0.138 e. The van der Waals surface area contributed by atoms with Crippen LogP contribution in [0.3, 0.4) is 0 Å². The average Bonchev–Trinajstić information content (AvgIpc) is 3.08. The minimum Gasteiger partial charge on any atom is -0.361 e. The van der Waals surface area contributed by atoms with Gasteiger partial charge in [0.05, 0.1) is 5.69 Å². The van der Waals surface area contributed by atoms with Gasteiger partial charge in [-0.05, 0) is 31.5 Å². The highest BCUT2D eigenvalue weighted by Gasteiger charge is 2.20. The van der Waals surface area contributed by atoms with E-state index in [2.05, 4.69) is 40.2 Å². The molecule has 0 amide bonds. The van der Waals surface area contributed by atoms with Crippen molar-refractivity contribution < 1.29 is 4.52 Å². The number of rotatable bonds is 3. The number of hydrogen-bond acceptors (Lipinski definition) is 3. The highest BCUT2D eigenvalue weighted by Crippen LogP contribution is 2.28. The van der Waals surface area contributed by atoms with E-state index >= 15 is 0 Å². The van der Waals surface area contributed by atoms with E-state index in [1.165, 1.54) is 27.7 Å². The van der Waals surface area contributed by atoms with Crippen molar-refractivity contribution >= 4 is 10.9 Å². The van der Waals surface area contributed by atoms with Gasteiger partial charge in [-0.1, -0.05) is 16.8 Å². The van der Waals surface area contributed by atoms with Gasteiger partial charge in [0, 0.05) is 55.1 Å². The molecule has 0 fully saturated rings. The van der Waals surface area contributed by atoms with Crippen molar-refractivity contribution in [1.29, 1.82) is 0 Å². The van der Waals surface area contributed by atoms with Crippen molar-refractivity contribution in [3.8, 4) is 0 Å². The Morgan fingerprint density at radius 3 is 3.00 bits per heavy atom. The lowest BCUT2D eigenvalue weighted by molar-refractivity contribution is 0.247. The van der Waals surface area contributed by atoms with Crippen LogP contribution in [0.4, 0.5) is 0 Å². The third-order valence-corrected chi connectivity index (χ3v) is 4.56. The van der Waals surface area contributed by atoms with E-state index in [-0.39, 0.29) is 0 Å². The Labute approximate surface area is 130 Å². The quantitative estimate of drug-likeness (QED) is 0.805. The van der Waals surface area contributed by atoms with E-state index in [1.807, 2.05) is 13.0 Å². The van der Waals surface area contributed by atoms with Crippen LogP contribution in [0.5, 0.6) is 0 Å². The van der Waals surface area contributed by atoms with Gasteiger partial charge in [0.25, 0.3) is 0 Å². The van der Waals surface area contributed by atoms with E-state index in [0.717, 1.165) is 43.9 Å². The Morgan fingerprint density at radius 2 is 2.18 bits per heavy atom. The molecular formula is C18H21N3O. The van der Waals surface area contributed by atoms with Crippen LogP contribution in [-0.2, 0) is 19.4 Å². The van der Waals surface area contributed by atoms with Crippen molar-refractivity contribution in [1.82, 2.24) is 15.0 Å². The lowest BCUT2D eigenvalue weighted by Gasteiger charge is -2.26. The van der Waals surface area contributed by atoms with Crippen LogP contribution in [-0.4, -0.2) is 28.1 Å². The molecule has 0 aliphatic carbocycles. The first-order valence-corrected chi connectivity index (χ1v) is 7.94. The molecule has 3 aromatic rings. The van der Waals surface area contributed by atoms with Gasteiger partial charge in [0.15, 0.2) is 0 Å². The molecule has 1 aliphatic heterocycles. The molecule has 2 aromatic heterocycles. The van der Waals surface area contributed by atoms with Crippen LogP contribution >= 0.6 is 0 Å². The summed E-state index contributed by atoms with van der Waals surface area (Å²) in [5.41, 5.74) is 6.43. The standard InChI is InChI=1S/C18H21N3O/c1-12-3-4-17-15(9-12)16-11-21(8-6-18(16)19-17)7-5-14-10-13(2)20-22-14/h3-4,9-10,19H,5-8,11H2,1-2H3. The van der Waals surface area contributed by atoms with Crippen LogP contribution in [0.15, 0.2) is 28.8 Å². The van der Waals surface area contributed by atoms with Crippen LogP contribution in [0.2, 0.25) is 0 Å². The molecule has 1 aliphatic rings. The number of H-pyrrole nitrogens is 1. The number of nitrogens with zero attached hydrogens (tertiary/aromatic N) is 2. The Morgan fingerprint density at radius 1 is 1.27 bits per heavy atom. The van der Waals surface area contributed by atoms with E-state index < -0.39 is 0 Å². The summed E-state index contributed by atoms with van der Waals surface area (Å²) in [6.07, 6.45) is 2.02. The summed E-state index contributed by atoms with van der Waals surface area (Å²) < 4.78 is 5.31. The molecule has 0 atom stereocenters. The summed E-state index contributed by atoms with van der Waals surface area (Å²) in [6.45, 7) is 7.27. The molecule has 0 unspecified atom stereocenters. The Bertz CT molecular complexity index is 815.